The van der Waals surface area contributed by atoms with Crippen LogP contribution in [0.1, 0.15) is 36.5 Å². The van der Waals surface area contributed by atoms with Crippen LogP contribution in [-0.4, -0.2) is 18.6 Å². The second-order valence-electron chi connectivity index (χ2n) is 6.84. The van der Waals surface area contributed by atoms with E-state index in [9.17, 15) is 4.79 Å². The van der Waals surface area contributed by atoms with Gasteiger partial charge in [0.15, 0.2) is 6.61 Å². The Labute approximate surface area is 143 Å². The van der Waals surface area contributed by atoms with E-state index in [-0.39, 0.29) is 18.6 Å². The lowest BCUT2D eigenvalue weighted by molar-refractivity contribution is -0.120. The summed E-state index contributed by atoms with van der Waals surface area (Å²) in [7, 11) is 0. The van der Waals surface area contributed by atoms with Crippen LogP contribution in [0.4, 0.5) is 5.69 Å². The highest BCUT2D eigenvalue weighted by Crippen LogP contribution is 2.33. The molecule has 3 nitrogen and oxygen atoms in total. The molecule has 3 heteroatoms. The molecule has 4 rings (SSSR count). The van der Waals surface area contributed by atoms with Crippen molar-refractivity contribution < 1.29 is 9.53 Å². The number of anilines is 1. The molecule has 1 amide bonds. The van der Waals surface area contributed by atoms with Gasteiger partial charge in [-0.15, -0.1) is 0 Å². The number of carbonyl (C=O) groups excluding carboxylic acids is 1. The fourth-order valence-corrected chi connectivity index (χ4v) is 4.04. The van der Waals surface area contributed by atoms with Gasteiger partial charge in [-0.3, -0.25) is 4.79 Å². The van der Waals surface area contributed by atoms with E-state index in [4.69, 9.17) is 4.74 Å². The smallest absolute Gasteiger partial charge is 0.265 e. The highest BCUT2D eigenvalue weighted by atomic mass is 16.5. The monoisotopic (exact) mass is 321 g/mol. The lowest BCUT2D eigenvalue weighted by Gasteiger charge is -2.24. The van der Waals surface area contributed by atoms with Crippen LogP contribution in [0.25, 0.3) is 0 Å². The third-order valence-corrected chi connectivity index (χ3v) is 5.18. The minimum Gasteiger partial charge on any atom is -0.483 e. The van der Waals surface area contributed by atoms with Crippen molar-refractivity contribution in [1.82, 2.24) is 0 Å². The van der Waals surface area contributed by atoms with E-state index in [1.54, 1.807) is 0 Å². The Balaban J connectivity index is 1.50. The number of amides is 1. The molecule has 1 heterocycles. The summed E-state index contributed by atoms with van der Waals surface area (Å²) in [6, 6.07) is 14.6. The Morgan fingerprint density at radius 2 is 1.88 bits per heavy atom. The first-order chi connectivity index (χ1) is 11.7. The number of hydrogen-bond donors (Lipinski definition) is 0. The molecule has 0 aromatic heterocycles. The molecule has 1 aliphatic heterocycles. The highest BCUT2D eigenvalue weighted by Gasteiger charge is 2.30. The topological polar surface area (TPSA) is 29.5 Å². The van der Waals surface area contributed by atoms with Crippen LogP contribution in [0.2, 0.25) is 0 Å². The van der Waals surface area contributed by atoms with Gasteiger partial charge >= 0.3 is 0 Å². The summed E-state index contributed by atoms with van der Waals surface area (Å²) in [5, 5.41) is 0. The van der Waals surface area contributed by atoms with Gasteiger partial charge in [0.1, 0.15) is 5.75 Å². The SMILES string of the molecule is C[C@@H]1Cc2ccccc2N1C(=O)COc1cccc2c1CCCC2. The molecule has 0 saturated heterocycles. The van der Waals surface area contributed by atoms with Gasteiger partial charge in [-0.25, -0.2) is 0 Å². The Hall–Kier alpha value is -2.29. The average Bonchev–Trinajstić information content (AvgIpc) is 2.95. The van der Waals surface area contributed by atoms with Crippen LogP contribution in [0.3, 0.4) is 0 Å². The minimum atomic E-state index is 0.0425. The van der Waals surface area contributed by atoms with Crippen molar-refractivity contribution in [3.05, 3.63) is 59.2 Å². The van der Waals surface area contributed by atoms with Crippen molar-refractivity contribution in [2.75, 3.05) is 11.5 Å². The number of hydrogen-bond acceptors (Lipinski definition) is 2. The Kier molecular flexibility index (Phi) is 4.01. The van der Waals surface area contributed by atoms with Gasteiger partial charge in [0.25, 0.3) is 5.91 Å². The maximum absolute atomic E-state index is 12.8. The maximum atomic E-state index is 12.8. The fraction of sp³-hybridized carbons (Fsp3) is 0.381. The molecule has 0 fully saturated rings. The van der Waals surface area contributed by atoms with Gasteiger partial charge in [-0.2, -0.15) is 0 Å². The number of ether oxygens (including phenoxy) is 1. The average molecular weight is 321 g/mol. The molecule has 0 unspecified atom stereocenters. The van der Waals surface area contributed by atoms with Crippen molar-refractivity contribution in [3.63, 3.8) is 0 Å². The molecule has 2 aromatic carbocycles. The van der Waals surface area contributed by atoms with Gasteiger partial charge < -0.3 is 9.64 Å². The van der Waals surface area contributed by atoms with Crippen LogP contribution < -0.4 is 9.64 Å². The minimum absolute atomic E-state index is 0.0425. The third-order valence-electron chi connectivity index (χ3n) is 5.18. The second-order valence-corrected chi connectivity index (χ2v) is 6.84. The fourth-order valence-electron chi connectivity index (χ4n) is 4.04. The zero-order chi connectivity index (χ0) is 16.5. The summed E-state index contributed by atoms with van der Waals surface area (Å²) >= 11 is 0. The van der Waals surface area contributed by atoms with E-state index < -0.39 is 0 Å². The van der Waals surface area contributed by atoms with E-state index in [2.05, 4.69) is 19.1 Å². The van der Waals surface area contributed by atoms with Crippen molar-refractivity contribution >= 4 is 11.6 Å². The first-order valence-corrected chi connectivity index (χ1v) is 8.87. The molecular weight excluding hydrogens is 298 g/mol. The van der Waals surface area contributed by atoms with Crippen molar-refractivity contribution in [2.45, 2.75) is 45.1 Å². The lowest BCUT2D eigenvalue weighted by atomic mass is 9.91. The summed E-state index contributed by atoms with van der Waals surface area (Å²) < 4.78 is 5.95. The quantitative estimate of drug-likeness (QED) is 0.857. The molecular formula is C21H23NO2. The van der Waals surface area contributed by atoms with E-state index in [0.29, 0.717) is 0 Å². The molecule has 0 saturated carbocycles. The van der Waals surface area contributed by atoms with Crippen LogP contribution in [0.5, 0.6) is 5.75 Å². The molecule has 124 valence electrons. The van der Waals surface area contributed by atoms with Crippen LogP contribution in [-0.2, 0) is 24.1 Å². The van der Waals surface area contributed by atoms with Crippen molar-refractivity contribution in [2.24, 2.45) is 0 Å². The summed E-state index contributed by atoms with van der Waals surface area (Å²) in [5.41, 5.74) is 4.96. The van der Waals surface area contributed by atoms with Crippen LogP contribution in [0.15, 0.2) is 42.5 Å². The summed E-state index contributed by atoms with van der Waals surface area (Å²) in [6.07, 6.45) is 5.55. The normalized spacial score (nSPS) is 18.9. The zero-order valence-corrected chi connectivity index (χ0v) is 14.1. The van der Waals surface area contributed by atoms with E-state index >= 15 is 0 Å². The molecule has 1 aliphatic carbocycles. The largest absolute Gasteiger partial charge is 0.483 e. The Bertz CT molecular complexity index is 768. The number of carbonyl (C=O) groups is 1. The molecule has 2 aliphatic rings. The lowest BCUT2D eigenvalue weighted by Crippen LogP contribution is -2.39. The molecule has 24 heavy (non-hydrogen) atoms. The highest BCUT2D eigenvalue weighted by molar-refractivity contribution is 5.97. The van der Waals surface area contributed by atoms with Crippen molar-refractivity contribution in [1.29, 1.82) is 0 Å². The summed E-state index contributed by atoms with van der Waals surface area (Å²) in [5.74, 6) is 0.932. The maximum Gasteiger partial charge on any atom is 0.265 e. The van der Waals surface area contributed by atoms with Crippen molar-refractivity contribution in [3.8, 4) is 5.75 Å². The number of benzene rings is 2. The molecule has 0 N–H and O–H groups in total. The number of aryl methyl sites for hydroxylation is 1. The predicted octanol–water partition coefficient (Wildman–Crippen LogP) is 3.92. The zero-order valence-electron chi connectivity index (χ0n) is 14.1. The first kappa shape index (κ1) is 15.3. The van der Waals surface area contributed by atoms with E-state index in [1.807, 2.05) is 35.2 Å². The van der Waals surface area contributed by atoms with Gasteiger partial charge in [0.2, 0.25) is 0 Å². The molecule has 0 radical (unpaired) electrons. The number of para-hydroxylation sites is 1. The number of fused-ring (bicyclic) bond motifs is 2. The van der Waals surface area contributed by atoms with Gasteiger partial charge in [-0.1, -0.05) is 30.3 Å². The molecule has 0 bridgehead atoms. The second kappa shape index (κ2) is 6.31. The van der Waals surface area contributed by atoms with Crippen LogP contribution in [0, 0.1) is 0 Å². The first-order valence-electron chi connectivity index (χ1n) is 8.87. The third kappa shape index (κ3) is 2.68. The molecule has 0 spiro atoms. The van der Waals surface area contributed by atoms with Crippen LogP contribution >= 0.6 is 0 Å². The van der Waals surface area contributed by atoms with E-state index in [0.717, 1.165) is 30.7 Å². The summed E-state index contributed by atoms with van der Waals surface area (Å²) in [4.78, 5) is 14.7. The predicted molar refractivity (Wildman–Crippen MR) is 95.7 cm³/mol. The van der Waals surface area contributed by atoms with E-state index in [1.165, 1.54) is 29.5 Å². The standard InChI is InChI=1S/C21H23NO2/c1-15-13-17-8-3-5-11-19(17)22(15)21(23)14-24-20-12-6-9-16-7-2-4-10-18(16)20/h3,5-6,8-9,11-12,15H,2,4,7,10,13-14H2,1H3/t15-/m1/s1. The Morgan fingerprint density at radius 3 is 2.79 bits per heavy atom. The molecule has 1 atom stereocenters. The molecule has 2 aromatic rings. The Morgan fingerprint density at radius 1 is 1.08 bits per heavy atom. The summed E-state index contributed by atoms with van der Waals surface area (Å²) in [6.45, 7) is 2.21. The van der Waals surface area contributed by atoms with Gasteiger partial charge in [0.05, 0.1) is 0 Å². The van der Waals surface area contributed by atoms with Gasteiger partial charge in [-0.05, 0) is 67.9 Å². The number of rotatable bonds is 3. The van der Waals surface area contributed by atoms with Gasteiger partial charge in [0, 0.05) is 11.7 Å². The number of nitrogens with zero attached hydrogens (tertiary/aromatic N) is 1.